The molecule has 0 aromatic rings. The van der Waals surface area contributed by atoms with Gasteiger partial charge in [0.05, 0.1) is 26.4 Å². The van der Waals surface area contributed by atoms with Gasteiger partial charge in [-0.15, -0.1) is 0 Å². The van der Waals surface area contributed by atoms with Crippen LogP contribution in [0.5, 0.6) is 0 Å². The highest BCUT2D eigenvalue weighted by atomic mass is 16.6. The minimum Gasteiger partial charge on any atom is -0.463 e. The summed E-state index contributed by atoms with van der Waals surface area (Å²) in [4.78, 5) is 195. The highest BCUT2D eigenvalue weighted by Gasteiger charge is 2.22. The molecule has 0 radical (unpaired) electrons. The van der Waals surface area contributed by atoms with Crippen molar-refractivity contribution in [1.82, 2.24) is 0 Å². The predicted octanol–water partition coefficient (Wildman–Crippen LogP) is -3.57. The fourth-order valence-electron chi connectivity index (χ4n) is 4.42. The van der Waals surface area contributed by atoms with Crippen LogP contribution in [0.4, 0.5) is 0 Å². The van der Waals surface area contributed by atoms with Crippen molar-refractivity contribution >= 4 is 106 Å². The third-order valence-electron chi connectivity index (χ3n) is 7.86. The second-order valence-electron chi connectivity index (χ2n) is 17.4. The minimum absolute atomic E-state index is 0.275. The Labute approximate surface area is 481 Å². The van der Waals surface area contributed by atoms with Gasteiger partial charge in [-0.2, -0.15) is 0 Å². The van der Waals surface area contributed by atoms with Crippen LogP contribution in [0.2, 0.25) is 0 Å². The van der Waals surface area contributed by atoms with Crippen LogP contribution in [0, 0.1) is 0 Å². The van der Waals surface area contributed by atoms with Crippen molar-refractivity contribution in [1.29, 1.82) is 0 Å². The largest absolute Gasteiger partial charge is 0.463 e. The Hall–Kier alpha value is -7.98. The van der Waals surface area contributed by atoms with Crippen molar-refractivity contribution < 1.29 is 160 Å². The second kappa shape index (κ2) is 51.9. The van der Waals surface area contributed by atoms with Crippen LogP contribution in [-0.2, 0) is 129 Å². The first-order valence-corrected chi connectivity index (χ1v) is 24.7. The van der Waals surface area contributed by atoms with Crippen molar-refractivity contribution in [2.45, 2.75) is 151 Å². The molecule has 0 bridgehead atoms. The zero-order valence-corrected chi connectivity index (χ0v) is 48.0. The number of carbonyl (C=O) groups is 18. The van der Waals surface area contributed by atoms with E-state index in [9.17, 15) is 91.4 Å². The van der Waals surface area contributed by atoms with Gasteiger partial charge in [-0.05, 0) is 62.3 Å². The van der Waals surface area contributed by atoms with Gasteiger partial charge in [0, 0.05) is 0 Å². The van der Waals surface area contributed by atoms with Crippen LogP contribution in [0.25, 0.3) is 0 Å². The molecule has 84 heavy (non-hydrogen) atoms. The molecule has 0 amide bonds. The van der Waals surface area contributed by atoms with Crippen LogP contribution in [0.3, 0.4) is 0 Å². The number of Topliss-reactive ketones (excluding diaryl/α,β-unsaturated/α-hetero) is 9. The maximum absolute atomic E-state index is 11.5. The highest BCUT2D eigenvalue weighted by molar-refractivity contribution is 5.98. The van der Waals surface area contributed by atoms with Crippen molar-refractivity contribution in [3.8, 4) is 0 Å². The Morgan fingerprint density at radius 1 is 0.238 bits per heavy atom. The summed E-state index contributed by atoms with van der Waals surface area (Å²) in [6.07, 6.45) is -8.86. The van der Waals surface area contributed by atoms with Crippen molar-refractivity contribution in [2.75, 3.05) is 66.1 Å². The molecule has 0 rings (SSSR count). The Morgan fingerprint density at radius 3 is 0.631 bits per heavy atom. The molecule has 0 fully saturated rings. The molecule has 0 aliphatic carbocycles. The second-order valence-corrected chi connectivity index (χ2v) is 17.4. The first kappa shape index (κ1) is 84.8. The maximum Gasteiger partial charge on any atom is 0.313 e. The van der Waals surface area contributed by atoms with E-state index in [0.717, 1.165) is 0 Å². The summed E-state index contributed by atoms with van der Waals surface area (Å²) < 4.78 is 41.8. The zero-order valence-electron chi connectivity index (χ0n) is 48.0. The lowest BCUT2D eigenvalue weighted by atomic mass is 10.3. The van der Waals surface area contributed by atoms with Gasteiger partial charge in [-0.1, -0.05) is 0 Å². The van der Waals surface area contributed by atoms with E-state index in [-0.39, 0.29) is 93.2 Å². The molecule has 0 aliphatic heterocycles. The molecular weight excluding hydrogens is 1140 g/mol. The highest BCUT2D eigenvalue weighted by Crippen LogP contribution is 2.04. The first-order valence-electron chi connectivity index (χ1n) is 24.7. The molecule has 478 valence electrons. The normalized spacial score (nSPS) is 10.6. The van der Waals surface area contributed by atoms with Crippen molar-refractivity contribution in [3.63, 3.8) is 0 Å². The number of ether oxygens (including phenoxy) is 9. The van der Waals surface area contributed by atoms with E-state index in [1.54, 1.807) is 0 Å². The smallest absolute Gasteiger partial charge is 0.313 e. The van der Waals surface area contributed by atoms with Gasteiger partial charge in [0.2, 0.25) is 0 Å². The number of hydrogen-bond donors (Lipinski definition) is 6. The third kappa shape index (κ3) is 64.8. The van der Waals surface area contributed by atoms with Gasteiger partial charge in [-0.25, -0.2) is 0 Å². The topological polar surface area (TPSA) is 512 Å². The number of aliphatic hydroxyl groups is 6. The fourth-order valence-corrected chi connectivity index (χ4v) is 4.42. The quantitative estimate of drug-likeness (QED) is 0.0199. The number of ketones is 9. The summed E-state index contributed by atoms with van der Waals surface area (Å²) in [5, 5.41) is 52.2. The van der Waals surface area contributed by atoms with E-state index in [0.29, 0.717) is 0 Å². The SMILES string of the molecule is CC(=O)CC(=O)OC(CO)CO.CC(=O)CC(=O)OCC(CO)OC(=O)CC(C)=O.CC(=O)CC(=O)OCC(COC(=O)CC(C)=O)OC(=O)CC(C)=O.CC(=O)CC(=O)OCC(O)CO.CC(=O)CC(=O)OCC(O)COC(=O)CC(C)=O. The van der Waals surface area contributed by atoms with Gasteiger partial charge < -0.3 is 73.3 Å². The lowest BCUT2D eigenvalue weighted by Crippen LogP contribution is -2.31. The average molecular weight is 1220 g/mol. The number of esters is 9. The number of rotatable bonds is 37. The standard InChI is InChI=1S/C15H20O9.2C11H16O7.2C7H12O5/c1-9(16)4-13(19)22-7-12(24-15(21)6-11(3)18)8-23-14(20)5-10(2)17;1-7(12)3-10(15)17-5-9(14)6-18-11(16)4-8(2)13;1-7(13)3-10(15)17-6-9(5-12)18-11(16)4-8(2)14;1-5(9)2-7(11)12-4-6(10)3-8;1-5(10)2-7(11)12-6(3-8)4-9/h12H,4-8H2,1-3H3;9,14H,3-6H2,1-2H3;9,12H,3-6H2,1-2H3;6,8,10H,2-4H2,1H3;6,8-9H,2-4H2,1H3. The van der Waals surface area contributed by atoms with E-state index in [4.69, 9.17) is 44.5 Å². The summed E-state index contributed by atoms with van der Waals surface area (Å²) >= 11 is 0. The molecule has 0 aliphatic rings. The number of hydrogen-bond acceptors (Lipinski definition) is 33. The molecule has 2 unspecified atom stereocenters. The summed E-state index contributed by atoms with van der Waals surface area (Å²) in [6, 6.07) is 0. The average Bonchev–Trinajstić information content (AvgIpc) is 3.34. The Bertz CT molecular complexity index is 2130. The van der Waals surface area contributed by atoms with Gasteiger partial charge in [0.1, 0.15) is 168 Å². The van der Waals surface area contributed by atoms with Gasteiger partial charge in [0.15, 0.2) is 12.2 Å². The predicted molar refractivity (Wildman–Crippen MR) is 273 cm³/mol. The summed E-state index contributed by atoms with van der Waals surface area (Å²) in [6.45, 7) is 6.87. The number of carbonyl (C=O) groups excluding carboxylic acids is 18. The van der Waals surface area contributed by atoms with Gasteiger partial charge >= 0.3 is 53.7 Å². The van der Waals surface area contributed by atoms with Gasteiger partial charge in [-0.3, -0.25) is 86.3 Å². The molecule has 0 saturated heterocycles. The third-order valence-corrected chi connectivity index (χ3v) is 7.86. The molecule has 6 N–H and O–H groups in total. The molecular formula is C51H76O33. The van der Waals surface area contributed by atoms with Crippen LogP contribution in [0.15, 0.2) is 0 Å². The summed E-state index contributed by atoms with van der Waals surface area (Å²) in [7, 11) is 0. The molecule has 33 nitrogen and oxygen atoms in total. The van der Waals surface area contributed by atoms with Crippen LogP contribution < -0.4 is 0 Å². The molecule has 33 heteroatoms. The van der Waals surface area contributed by atoms with Crippen LogP contribution >= 0.6 is 0 Å². The van der Waals surface area contributed by atoms with E-state index in [1.165, 1.54) is 62.3 Å². The van der Waals surface area contributed by atoms with E-state index in [1.807, 2.05) is 0 Å². The van der Waals surface area contributed by atoms with Crippen molar-refractivity contribution in [3.05, 3.63) is 0 Å². The Morgan fingerprint density at radius 2 is 0.417 bits per heavy atom. The van der Waals surface area contributed by atoms with Gasteiger partial charge in [0.25, 0.3) is 0 Å². The lowest BCUT2D eigenvalue weighted by Gasteiger charge is -2.17. The van der Waals surface area contributed by atoms with Crippen LogP contribution in [0.1, 0.15) is 120 Å². The molecule has 0 saturated carbocycles. The van der Waals surface area contributed by atoms with E-state index < -0.39 is 167 Å². The Balaban J connectivity index is -0.000000317. The molecule has 0 aromatic heterocycles. The molecule has 0 heterocycles. The number of aliphatic hydroxyl groups excluding tert-OH is 6. The summed E-state index contributed by atoms with van der Waals surface area (Å²) in [5.74, 6) is -10.3. The zero-order chi connectivity index (χ0) is 66.1. The minimum atomic E-state index is -1.18. The fraction of sp³-hybridized carbons (Fsp3) is 0.647. The lowest BCUT2D eigenvalue weighted by molar-refractivity contribution is -0.167. The maximum atomic E-state index is 11.5. The Kier molecular flexibility index (Phi) is 52.4. The molecule has 0 spiro atoms. The monoisotopic (exact) mass is 1220 g/mol. The van der Waals surface area contributed by atoms with E-state index in [2.05, 4.69) is 23.7 Å². The first-order chi connectivity index (χ1) is 38.9. The molecule has 2 atom stereocenters. The van der Waals surface area contributed by atoms with Crippen molar-refractivity contribution in [2.24, 2.45) is 0 Å². The van der Waals surface area contributed by atoms with E-state index >= 15 is 0 Å². The summed E-state index contributed by atoms with van der Waals surface area (Å²) in [5.41, 5.74) is 0. The molecule has 0 aromatic carbocycles. The van der Waals surface area contributed by atoms with Crippen LogP contribution in [-0.4, -0.2) is 233 Å².